The van der Waals surface area contributed by atoms with E-state index in [9.17, 15) is 9.13 Å². The molecule has 0 unspecified atom stereocenters. The van der Waals surface area contributed by atoms with Crippen molar-refractivity contribution >= 4 is 36.0 Å². The van der Waals surface area contributed by atoms with Gasteiger partial charge in [0.25, 0.3) is 14.7 Å². The number of benzene rings is 4. The maximum absolute atomic E-state index is 13.9. The molecule has 0 saturated heterocycles. The first-order valence-electron chi connectivity index (χ1n) is 10.3. The van der Waals surface area contributed by atoms with Crippen LogP contribution in [0.2, 0.25) is 0 Å². The van der Waals surface area contributed by atoms with E-state index in [1.165, 1.54) is 0 Å². The molecule has 0 aliphatic carbocycles. The first-order chi connectivity index (χ1) is 15.6. The van der Waals surface area contributed by atoms with E-state index in [0.29, 0.717) is 21.2 Å². The lowest BCUT2D eigenvalue weighted by atomic mass is 10.4. The highest BCUT2D eigenvalue weighted by Gasteiger charge is 2.31. The fourth-order valence-electron chi connectivity index (χ4n) is 3.42. The highest BCUT2D eigenvalue weighted by molar-refractivity contribution is 7.74. The van der Waals surface area contributed by atoms with Crippen LogP contribution in [0.1, 0.15) is 0 Å². The second kappa shape index (κ2) is 10.3. The standard InChI is InChI=1S/C26H24O4P2/c27-31(23-13-5-1-6-14-23,24-15-7-2-8-16-24)29-21-22-30-32(28,25-17-9-3-10-18-25)26-19-11-4-12-20-26/h1-20H,21-22H2. The van der Waals surface area contributed by atoms with E-state index in [1.54, 1.807) is 48.5 Å². The molecule has 0 saturated carbocycles. The van der Waals surface area contributed by atoms with Crippen molar-refractivity contribution in [1.82, 2.24) is 0 Å². The van der Waals surface area contributed by atoms with Gasteiger partial charge in [0.2, 0.25) is 0 Å². The molecule has 6 heteroatoms. The van der Waals surface area contributed by atoms with Gasteiger partial charge in [0.15, 0.2) is 0 Å². The quantitative estimate of drug-likeness (QED) is 0.263. The van der Waals surface area contributed by atoms with Gasteiger partial charge in [-0.2, -0.15) is 0 Å². The molecule has 4 rings (SSSR count). The molecular formula is C26H24O4P2. The molecule has 0 fully saturated rings. The van der Waals surface area contributed by atoms with E-state index in [4.69, 9.17) is 9.05 Å². The third kappa shape index (κ3) is 4.85. The van der Waals surface area contributed by atoms with E-state index >= 15 is 0 Å². The number of rotatable bonds is 9. The van der Waals surface area contributed by atoms with Crippen LogP contribution in [0.15, 0.2) is 121 Å². The minimum absolute atomic E-state index is 0.0325. The second-order valence-corrected chi connectivity index (χ2v) is 11.9. The average molecular weight is 462 g/mol. The molecule has 0 atom stereocenters. The van der Waals surface area contributed by atoms with E-state index in [0.717, 1.165) is 0 Å². The zero-order chi connectivity index (χ0) is 22.3. The Bertz CT molecular complexity index is 1030. The fourth-order valence-corrected chi connectivity index (χ4v) is 7.54. The Balaban J connectivity index is 1.55. The van der Waals surface area contributed by atoms with Gasteiger partial charge in [0, 0.05) is 21.2 Å². The minimum atomic E-state index is -3.32. The lowest BCUT2D eigenvalue weighted by Gasteiger charge is -2.22. The third-order valence-electron chi connectivity index (χ3n) is 5.01. The van der Waals surface area contributed by atoms with E-state index in [1.807, 2.05) is 72.8 Å². The summed E-state index contributed by atoms with van der Waals surface area (Å²) in [6.45, 7) is 0.0649. The van der Waals surface area contributed by atoms with Crippen LogP contribution in [0, 0.1) is 0 Å². The molecule has 0 N–H and O–H groups in total. The van der Waals surface area contributed by atoms with Gasteiger partial charge in [-0.15, -0.1) is 0 Å². The summed E-state index contributed by atoms with van der Waals surface area (Å²) in [5, 5.41) is 2.45. The van der Waals surface area contributed by atoms with Gasteiger partial charge in [-0.25, -0.2) is 0 Å². The summed E-state index contributed by atoms with van der Waals surface area (Å²) in [6.07, 6.45) is 0. The van der Waals surface area contributed by atoms with Crippen molar-refractivity contribution in [3.05, 3.63) is 121 Å². The molecule has 4 nitrogen and oxygen atoms in total. The Morgan fingerprint density at radius 3 is 0.844 bits per heavy atom. The van der Waals surface area contributed by atoms with Crippen LogP contribution in [-0.4, -0.2) is 13.2 Å². The molecule has 32 heavy (non-hydrogen) atoms. The van der Waals surface area contributed by atoms with Crippen LogP contribution in [0.4, 0.5) is 0 Å². The van der Waals surface area contributed by atoms with Crippen molar-refractivity contribution in [2.75, 3.05) is 13.2 Å². The maximum atomic E-state index is 13.9. The van der Waals surface area contributed by atoms with Crippen LogP contribution in [0.5, 0.6) is 0 Å². The van der Waals surface area contributed by atoms with Crippen LogP contribution >= 0.6 is 14.7 Å². The lowest BCUT2D eigenvalue weighted by Crippen LogP contribution is -2.22. The van der Waals surface area contributed by atoms with Gasteiger partial charge < -0.3 is 9.05 Å². The minimum Gasteiger partial charge on any atom is -0.320 e. The molecule has 0 radical (unpaired) electrons. The van der Waals surface area contributed by atoms with Crippen molar-refractivity contribution in [3.63, 3.8) is 0 Å². The highest BCUT2D eigenvalue weighted by atomic mass is 31.2. The first kappa shape index (κ1) is 22.5. The van der Waals surface area contributed by atoms with Gasteiger partial charge in [-0.05, 0) is 48.5 Å². The molecular weight excluding hydrogens is 438 g/mol. The zero-order valence-corrected chi connectivity index (χ0v) is 19.3. The maximum Gasteiger partial charge on any atom is 0.261 e. The Hall–Kier alpha value is -2.74. The Morgan fingerprint density at radius 1 is 0.406 bits per heavy atom. The van der Waals surface area contributed by atoms with Gasteiger partial charge >= 0.3 is 0 Å². The summed E-state index contributed by atoms with van der Waals surface area (Å²) >= 11 is 0. The summed E-state index contributed by atoms with van der Waals surface area (Å²) in [6, 6.07) is 36.6. The normalized spacial score (nSPS) is 11.9. The fraction of sp³-hybridized carbons (Fsp3) is 0.0769. The van der Waals surface area contributed by atoms with Crippen molar-refractivity contribution in [1.29, 1.82) is 0 Å². The number of hydrogen-bond donors (Lipinski definition) is 0. The molecule has 0 spiro atoms. The van der Waals surface area contributed by atoms with Crippen molar-refractivity contribution < 1.29 is 18.2 Å². The first-order valence-corrected chi connectivity index (χ1v) is 13.6. The summed E-state index contributed by atoms with van der Waals surface area (Å²) in [5.41, 5.74) is 0. The predicted octanol–water partition coefficient (Wildman–Crippen LogP) is 4.88. The smallest absolute Gasteiger partial charge is 0.261 e. The van der Waals surface area contributed by atoms with Gasteiger partial charge in [0.1, 0.15) is 0 Å². The predicted molar refractivity (Wildman–Crippen MR) is 131 cm³/mol. The molecule has 0 bridgehead atoms. The lowest BCUT2D eigenvalue weighted by molar-refractivity contribution is 0.229. The average Bonchev–Trinajstić information content (AvgIpc) is 2.88. The van der Waals surface area contributed by atoms with Crippen LogP contribution < -0.4 is 21.2 Å². The summed E-state index contributed by atoms with van der Waals surface area (Å²) < 4.78 is 39.8. The monoisotopic (exact) mass is 462 g/mol. The van der Waals surface area contributed by atoms with Crippen LogP contribution in [0.3, 0.4) is 0 Å². The summed E-state index contributed by atoms with van der Waals surface area (Å²) in [7, 11) is -6.64. The Morgan fingerprint density at radius 2 is 0.625 bits per heavy atom. The van der Waals surface area contributed by atoms with E-state index < -0.39 is 14.7 Å². The molecule has 0 aliphatic heterocycles. The molecule has 4 aromatic carbocycles. The molecule has 4 aromatic rings. The topological polar surface area (TPSA) is 52.6 Å². The van der Waals surface area contributed by atoms with Crippen molar-refractivity contribution in [3.8, 4) is 0 Å². The molecule has 0 amide bonds. The SMILES string of the molecule is O=P(OCCOP(=O)(c1ccccc1)c1ccccc1)(c1ccccc1)c1ccccc1. The van der Waals surface area contributed by atoms with Crippen LogP contribution in [-0.2, 0) is 18.2 Å². The Kier molecular flexibility index (Phi) is 7.19. The van der Waals surface area contributed by atoms with Gasteiger partial charge in [-0.1, -0.05) is 72.8 Å². The summed E-state index contributed by atoms with van der Waals surface area (Å²) in [5.74, 6) is 0. The van der Waals surface area contributed by atoms with E-state index in [2.05, 4.69) is 0 Å². The molecule has 0 heterocycles. The summed E-state index contributed by atoms with van der Waals surface area (Å²) in [4.78, 5) is 0. The van der Waals surface area contributed by atoms with Crippen LogP contribution in [0.25, 0.3) is 0 Å². The second-order valence-electron chi connectivity index (χ2n) is 7.11. The van der Waals surface area contributed by atoms with Gasteiger partial charge in [-0.3, -0.25) is 9.13 Å². The largest absolute Gasteiger partial charge is 0.320 e. The Labute approximate surface area is 188 Å². The zero-order valence-electron chi connectivity index (χ0n) is 17.5. The third-order valence-corrected chi connectivity index (χ3v) is 10.0. The van der Waals surface area contributed by atoms with E-state index in [-0.39, 0.29) is 13.2 Å². The number of hydrogen-bond acceptors (Lipinski definition) is 4. The van der Waals surface area contributed by atoms with Gasteiger partial charge in [0.05, 0.1) is 13.2 Å². The van der Waals surface area contributed by atoms with Crippen molar-refractivity contribution in [2.45, 2.75) is 0 Å². The molecule has 0 aromatic heterocycles. The van der Waals surface area contributed by atoms with Crippen molar-refractivity contribution in [2.24, 2.45) is 0 Å². The molecule has 162 valence electrons. The highest BCUT2D eigenvalue weighted by Crippen LogP contribution is 2.46. The molecule has 0 aliphatic rings.